The Kier molecular flexibility index (Phi) is 4.86. The fraction of sp³-hybridized carbons (Fsp3) is 0.692. The lowest BCUT2D eigenvalue weighted by Gasteiger charge is -2.22. The van der Waals surface area contributed by atoms with Gasteiger partial charge in [-0.15, -0.1) is 11.3 Å². The fourth-order valence-electron chi connectivity index (χ4n) is 2.25. The predicted octanol–water partition coefficient (Wildman–Crippen LogP) is 1.62. The number of aryl methyl sites for hydroxylation is 1. The Morgan fingerprint density at radius 1 is 1.50 bits per heavy atom. The summed E-state index contributed by atoms with van der Waals surface area (Å²) < 4.78 is 33.3. The van der Waals surface area contributed by atoms with Gasteiger partial charge in [0.15, 0.2) is 0 Å². The first-order chi connectivity index (χ1) is 9.36. The Labute approximate surface area is 124 Å². The van der Waals surface area contributed by atoms with Crippen molar-refractivity contribution in [2.75, 3.05) is 20.2 Å². The highest BCUT2D eigenvalue weighted by Crippen LogP contribution is 2.28. The van der Waals surface area contributed by atoms with Crippen LogP contribution >= 0.6 is 11.3 Å². The normalized spacial score (nSPS) is 23.4. The van der Waals surface area contributed by atoms with E-state index in [1.54, 1.807) is 6.07 Å². The fourth-order valence-corrected chi connectivity index (χ4v) is 5.05. The molecular formula is C13H22N2O3S2. The van der Waals surface area contributed by atoms with E-state index in [1.807, 2.05) is 20.9 Å². The molecule has 0 spiro atoms. The van der Waals surface area contributed by atoms with Crippen molar-refractivity contribution in [2.24, 2.45) is 0 Å². The first kappa shape index (κ1) is 15.9. The van der Waals surface area contributed by atoms with Crippen molar-refractivity contribution in [3.8, 4) is 0 Å². The third-order valence-electron chi connectivity index (χ3n) is 3.54. The average molecular weight is 318 g/mol. The van der Waals surface area contributed by atoms with Crippen molar-refractivity contribution in [3.63, 3.8) is 0 Å². The minimum atomic E-state index is -3.45. The molecule has 2 heterocycles. The van der Waals surface area contributed by atoms with Crippen LogP contribution in [0.2, 0.25) is 0 Å². The minimum absolute atomic E-state index is 0.327. The average Bonchev–Trinajstić information content (AvgIpc) is 2.97. The molecule has 5 nitrogen and oxygen atoms in total. The van der Waals surface area contributed by atoms with Gasteiger partial charge < -0.3 is 10.1 Å². The molecule has 1 aromatic heterocycles. The molecule has 7 heteroatoms. The van der Waals surface area contributed by atoms with Gasteiger partial charge >= 0.3 is 0 Å². The first-order valence-corrected chi connectivity index (χ1v) is 9.04. The number of sulfonamides is 1. The molecule has 1 atom stereocenters. The molecule has 0 radical (unpaired) electrons. The summed E-state index contributed by atoms with van der Waals surface area (Å²) in [7, 11) is -1.59. The maximum absolute atomic E-state index is 12.3. The van der Waals surface area contributed by atoms with Gasteiger partial charge in [-0.1, -0.05) is 0 Å². The molecule has 1 aromatic rings. The molecule has 0 bridgehead atoms. The molecule has 1 aliphatic heterocycles. The molecule has 1 saturated heterocycles. The molecule has 20 heavy (non-hydrogen) atoms. The van der Waals surface area contributed by atoms with Crippen LogP contribution in [-0.4, -0.2) is 34.2 Å². The van der Waals surface area contributed by atoms with Gasteiger partial charge in [-0.2, -0.15) is 0 Å². The highest BCUT2D eigenvalue weighted by atomic mass is 32.2. The zero-order valence-corrected chi connectivity index (χ0v) is 13.8. The van der Waals surface area contributed by atoms with E-state index in [0.29, 0.717) is 23.9 Å². The minimum Gasteiger partial charge on any atom is -0.374 e. The number of thiophene rings is 1. The molecule has 2 rings (SSSR count). The summed E-state index contributed by atoms with van der Waals surface area (Å²) in [6, 6.07) is 1.73. The van der Waals surface area contributed by atoms with Crippen LogP contribution in [-0.2, 0) is 21.3 Å². The summed E-state index contributed by atoms with van der Waals surface area (Å²) in [6.45, 7) is 5.61. The van der Waals surface area contributed by atoms with Crippen molar-refractivity contribution < 1.29 is 13.2 Å². The van der Waals surface area contributed by atoms with Crippen LogP contribution in [0.3, 0.4) is 0 Å². The van der Waals surface area contributed by atoms with Gasteiger partial charge in [-0.05, 0) is 45.4 Å². The summed E-state index contributed by atoms with van der Waals surface area (Å²) >= 11 is 1.32. The van der Waals surface area contributed by atoms with Gasteiger partial charge in [-0.25, -0.2) is 13.1 Å². The standard InChI is InChI=1S/C13H22N2O3S2/c1-10-7-12(19-11(10)8-14-3)20(16,17)15-9-13(2)5-4-6-18-13/h7,14-15H,4-6,8-9H2,1-3H3. The number of ether oxygens (including phenoxy) is 1. The topological polar surface area (TPSA) is 67.4 Å². The summed E-state index contributed by atoms with van der Waals surface area (Å²) in [6.07, 6.45) is 1.88. The van der Waals surface area contributed by atoms with Crippen LogP contribution in [0.15, 0.2) is 10.3 Å². The maximum atomic E-state index is 12.3. The van der Waals surface area contributed by atoms with E-state index < -0.39 is 10.0 Å². The van der Waals surface area contributed by atoms with Crippen LogP contribution < -0.4 is 10.0 Å². The van der Waals surface area contributed by atoms with Gasteiger partial charge in [0, 0.05) is 24.6 Å². The smallest absolute Gasteiger partial charge is 0.250 e. The van der Waals surface area contributed by atoms with Crippen LogP contribution in [0.4, 0.5) is 0 Å². The molecule has 1 unspecified atom stereocenters. The molecule has 0 amide bonds. The van der Waals surface area contributed by atoms with Crippen LogP contribution in [0.1, 0.15) is 30.2 Å². The molecule has 1 aliphatic rings. The highest BCUT2D eigenvalue weighted by molar-refractivity contribution is 7.91. The summed E-state index contributed by atoms with van der Waals surface area (Å²) in [4.78, 5) is 1.05. The summed E-state index contributed by atoms with van der Waals surface area (Å²) in [5.41, 5.74) is 0.640. The van der Waals surface area contributed by atoms with Crippen LogP contribution in [0, 0.1) is 6.92 Å². The van der Waals surface area contributed by atoms with E-state index in [9.17, 15) is 8.42 Å². The second kappa shape index (κ2) is 6.11. The van der Waals surface area contributed by atoms with E-state index in [1.165, 1.54) is 11.3 Å². The van der Waals surface area contributed by atoms with Gasteiger partial charge in [0.05, 0.1) is 5.60 Å². The molecule has 0 aromatic carbocycles. The third-order valence-corrected chi connectivity index (χ3v) is 6.65. The maximum Gasteiger partial charge on any atom is 0.250 e. The number of rotatable bonds is 6. The van der Waals surface area contributed by atoms with Crippen LogP contribution in [0.5, 0.6) is 0 Å². The molecule has 114 valence electrons. The zero-order chi connectivity index (χ0) is 14.8. The van der Waals surface area contributed by atoms with Gasteiger partial charge in [0.1, 0.15) is 4.21 Å². The van der Waals surface area contributed by atoms with Gasteiger partial charge in [0.2, 0.25) is 10.0 Å². The first-order valence-electron chi connectivity index (χ1n) is 6.74. The van der Waals surface area contributed by atoms with Crippen molar-refractivity contribution in [1.29, 1.82) is 0 Å². The lowest BCUT2D eigenvalue weighted by atomic mass is 10.0. The van der Waals surface area contributed by atoms with E-state index in [2.05, 4.69) is 10.0 Å². The van der Waals surface area contributed by atoms with Gasteiger partial charge in [-0.3, -0.25) is 0 Å². The van der Waals surface area contributed by atoms with Crippen molar-refractivity contribution in [1.82, 2.24) is 10.0 Å². The van der Waals surface area contributed by atoms with Crippen molar-refractivity contribution >= 4 is 21.4 Å². The van der Waals surface area contributed by atoms with E-state index >= 15 is 0 Å². The molecule has 1 fully saturated rings. The largest absolute Gasteiger partial charge is 0.374 e. The Bertz CT molecular complexity index is 560. The van der Waals surface area contributed by atoms with E-state index in [0.717, 1.165) is 23.3 Å². The number of hydrogen-bond acceptors (Lipinski definition) is 5. The molecular weight excluding hydrogens is 296 g/mol. The molecule has 0 saturated carbocycles. The zero-order valence-electron chi connectivity index (χ0n) is 12.2. The molecule has 2 N–H and O–H groups in total. The Morgan fingerprint density at radius 3 is 2.85 bits per heavy atom. The third kappa shape index (κ3) is 3.59. The predicted molar refractivity (Wildman–Crippen MR) is 80.6 cm³/mol. The summed E-state index contributed by atoms with van der Waals surface area (Å²) in [5.74, 6) is 0. The van der Waals surface area contributed by atoms with Crippen LogP contribution in [0.25, 0.3) is 0 Å². The number of nitrogens with one attached hydrogen (secondary N) is 2. The van der Waals surface area contributed by atoms with Crippen molar-refractivity contribution in [2.45, 2.75) is 43.0 Å². The quantitative estimate of drug-likeness (QED) is 0.836. The lowest BCUT2D eigenvalue weighted by Crippen LogP contribution is -2.39. The highest BCUT2D eigenvalue weighted by Gasteiger charge is 2.31. The SMILES string of the molecule is CNCc1sc(S(=O)(=O)NCC2(C)CCCO2)cc1C. The lowest BCUT2D eigenvalue weighted by molar-refractivity contribution is 0.0250. The Morgan fingerprint density at radius 2 is 2.25 bits per heavy atom. The van der Waals surface area contributed by atoms with E-state index in [-0.39, 0.29) is 5.60 Å². The summed E-state index contributed by atoms with van der Waals surface area (Å²) in [5, 5.41) is 3.05. The van der Waals surface area contributed by atoms with Gasteiger partial charge in [0.25, 0.3) is 0 Å². The Balaban J connectivity index is 2.08. The Hall–Kier alpha value is -0.470. The monoisotopic (exact) mass is 318 g/mol. The molecule has 0 aliphatic carbocycles. The number of hydrogen-bond donors (Lipinski definition) is 2. The van der Waals surface area contributed by atoms with E-state index in [4.69, 9.17) is 4.74 Å². The van der Waals surface area contributed by atoms with Crippen molar-refractivity contribution in [3.05, 3.63) is 16.5 Å². The second-order valence-corrected chi connectivity index (χ2v) is 8.56. The second-order valence-electron chi connectivity index (χ2n) is 5.43.